The molecule has 0 aliphatic heterocycles. The fourth-order valence-electron chi connectivity index (χ4n) is 1.47. The summed E-state index contributed by atoms with van der Waals surface area (Å²) in [7, 11) is 0. The van der Waals surface area contributed by atoms with Crippen LogP contribution in [0.25, 0.3) is 0 Å². The third-order valence-electron chi connectivity index (χ3n) is 2.99. The Labute approximate surface area is 102 Å². The maximum absolute atomic E-state index is 11.7. The molecule has 0 rings (SSSR count). The van der Waals surface area contributed by atoms with Gasteiger partial charge in [0.2, 0.25) is 0 Å². The van der Waals surface area contributed by atoms with Gasteiger partial charge in [0.05, 0.1) is 31.2 Å². The average molecular weight is 248 g/mol. The highest BCUT2D eigenvalue weighted by atomic mass is 16.5. The second-order valence-electron chi connectivity index (χ2n) is 4.48. The van der Waals surface area contributed by atoms with E-state index in [-0.39, 0.29) is 18.5 Å². The van der Waals surface area contributed by atoms with Crippen molar-refractivity contribution >= 4 is 5.97 Å². The molecule has 17 heavy (non-hydrogen) atoms. The van der Waals surface area contributed by atoms with Gasteiger partial charge in [0.1, 0.15) is 6.61 Å². The Morgan fingerprint density at radius 1 is 1.18 bits per heavy atom. The Morgan fingerprint density at radius 3 is 2.06 bits per heavy atom. The summed E-state index contributed by atoms with van der Waals surface area (Å²) in [6.07, 6.45) is 2.37. The van der Waals surface area contributed by atoms with Crippen LogP contribution in [0.5, 0.6) is 0 Å². The normalized spacial score (nSPS) is 13.5. The van der Waals surface area contributed by atoms with Crippen molar-refractivity contribution in [1.29, 1.82) is 0 Å². The largest absolute Gasteiger partial charge is 0.465 e. The lowest BCUT2D eigenvalue weighted by atomic mass is 9.92. The lowest BCUT2D eigenvalue weighted by molar-refractivity contribution is -0.156. The van der Waals surface area contributed by atoms with Gasteiger partial charge in [0, 0.05) is 0 Å². The molecule has 102 valence electrons. The van der Waals surface area contributed by atoms with Crippen molar-refractivity contribution in [2.75, 3.05) is 26.4 Å². The molecule has 0 fully saturated rings. The van der Waals surface area contributed by atoms with E-state index in [9.17, 15) is 4.79 Å². The Morgan fingerprint density at radius 2 is 1.71 bits per heavy atom. The highest BCUT2D eigenvalue weighted by molar-refractivity contribution is 5.72. The number of rotatable bonds is 9. The van der Waals surface area contributed by atoms with Crippen LogP contribution in [0.2, 0.25) is 0 Å². The monoisotopic (exact) mass is 248 g/mol. The van der Waals surface area contributed by atoms with E-state index in [0.29, 0.717) is 6.42 Å². The van der Waals surface area contributed by atoms with Crippen LogP contribution >= 0.6 is 0 Å². The Bertz CT molecular complexity index is 205. The number of aliphatic hydroxyl groups is 3. The zero-order valence-corrected chi connectivity index (χ0v) is 10.7. The molecule has 0 radical (unpaired) electrons. The number of hydrogen-bond donors (Lipinski definition) is 3. The summed E-state index contributed by atoms with van der Waals surface area (Å²) in [6.45, 7) is 2.50. The minimum atomic E-state index is -1.14. The molecule has 1 atom stereocenters. The van der Waals surface area contributed by atoms with Gasteiger partial charge in [-0.1, -0.05) is 20.3 Å². The molecule has 0 bridgehead atoms. The third-order valence-corrected chi connectivity index (χ3v) is 2.99. The van der Waals surface area contributed by atoms with Gasteiger partial charge in [0.25, 0.3) is 0 Å². The summed E-state index contributed by atoms with van der Waals surface area (Å²) in [4.78, 5) is 11.7. The van der Waals surface area contributed by atoms with Gasteiger partial charge in [-0.2, -0.15) is 0 Å². The molecule has 0 spiro atoms. The van der Waals surface area contributed by atoms with Gasteiger partial charge in [0.15, 0.2) is 0 Å². The van der Waals surface area contributed by atoms with Crippen LogP contribution < -0.4 is 0 Å². The molecule has 0 heterocycles. The first kappa shape index (κ1) is 16.4. The smallest absolute Gasteiger partial charge is 0.308 e. The quantitative estimate of drug-likeness (QED) is 0.511. The number of hydrogen-bond acceptors (Lipinski definition) is 5. The van der Waals surface area contributed by atoms with E-state index in [1.54, 1.807) is 0 Å². The van der Waals surface area contributed by atoms with Gasteiger partial charge in [-0.3, -0.25) is 4.79 Å². The van der Waals surface area contributed by atoms with E-state index >= 15 is 0 Å². The topological polar surface area (TPSA) is 87.0 Å². The SMILES string of the molecule is CCCC(CC)C(=O)OCC(CO)(CO)CO. The van der Waals surface area contributed by atoms with Crippen molar-refractivity contribution in [2.24, 2.45) is 11.3 Å². The van der Waals surface area contributed by atoms with E-state index in [1.165, 1.54) is 0 Å². The Balaban J connectivity index is 4.28. The summed E-state index contributed by atoms with van der Waals surface area (Å²) >= 11 is 0. The number of carbonyl (C=O) groups is 1. The number of ether oxygens (including phenoxy) is 1. The van der Waals surface area contributed by atoms with E-state index in [2.05, 4.69) is 0 Å². The molecule has 3 N–H and O–H groups in total. The molecular formula is C12H24O5. The first-order valence-electron chi connectivity index (χ1n) is 6.08. The lowest BCUT2D eigenvalue weighted by Crippen LogP contribution is -2.40. The van der Waals surface area contributed by atoms with Crippen molar-refractivity contribution in [3.8, 4) is 0 Å². The summed E-state index contributed by atoms with van der Waals surface area (Å²) in [5.74, 6) is -0.470. The van der Waals surface area contributed by atoms with Crippen molar-refractivity contribution in [3.05, 3.63) is 0 Å². The summed E-state index contributed by atoms with van der Waals surface area (Å²) < 4.78 is 5.07. The van der Waals surface area contributed by atoms with Crippen LogP contribution in [0.1, 0.15) is 33.1 Å². The van der Waals surface area contributed by atoms with Crippen molar-refractivity contribution in [1.82, 2.24) is 0 Å². The first-order valence-corrected chi connectivity index (χ1v) is 6.08. The molecule has 0 aromatic heterocycles. The summed E-state index contributed by atoms with van der Waals surface area (Å²) in [5.41, 5.74) is -1.14. The molecule has 0 saturated carbocycles. The standard InChI is InChI=1S/C12H24O5/c1-3-5-10(4-2)11(16)17-9-12(6-13,7-14)8-15/h10,13-15H,3-9H2,1-2H3. The lowest BCUT2D eigenvalue weighted by Gasteiger charge is -2.27. The minimum Gasteiger partial charge on any atom is -0.465 e. The zero-order chi connectivity index (χ0) is 13.3. The number of aliphatic hydroxyl groups excluding tert-OH is 3. The first-order chi connectivity index (χ1) is 8.09. The summed E-state index contributed by atoms with van der Waals surface area (Å²) in [5, 5.41) is 27.2. The van der Waals surface area contributed by atoms with Gasteiger partial charge in [-0.05, 0) is 12.8 Å². The molecule has 0 aromatic carbocycles. The minimum absolute atomic E-state index is 0.145. The highest BCUT2D eigenvalue weighted by Crippen LogP contribution is 2.18. The van der Waals surface area contributed by atoms with E-state index in [0.717, 1.165) is 12.8 Å². The van der Waals surface area contributed by atoms with E-state index in [1.807, 2.05) is 13.8 Å². The highest BCUT2D eigenvalue weighted by Gasteiger charge is 2.31. The second-order valence-corrected chi connectivity index (χ2v) is 4.48. The molecule has 0 amide bonds. The average Bonchev–Trinajstić information content (AvgIpc) is 2.38. The van der Waals surface area contributed by atoms with Gasteiger partial charge >= 0.3 is 5.97 Å². The fourth-order valence-corrected chi connectivity index (χ4v) is 1.47. The van der Waals surface area contributed by atoms with Crippen molar-refractivity contribution < 1.29 is 24.9 Å². The van der Waals surface area contributed by atoms with Crippen LogP contribution in [0.3, 0.4) is 0 Å². The molecule has 5 heteroatoms. The molecule has 0 aliphatic carbocycles. The molecule has 1 unspecified atom stereocenters. The second kappa shape index (κ2) is 8.44. The molecule has 0 saturated heterocycles. The molecule has 0 aliphatic rings. The van der Waals surface area contributed by atoms with E-state index < -0.39 is 25.2 Å². The molecular weight excluding hydrogens is 224 g/mol. The molecule has 0 aromatic rings. The predicted molar refractivity (Wildman–Crippen MR) is 63.3 cm³/mol. The Kier molecular flexibility index (Phi) is 8.12. The van der Waals surface area contributed by atoms with Crippen LogP contribution in [0.4, 0.5) is 0 Å². The maximum atomic E-state index is 11.7. The van der Waals surface area contributed by atoms with E-state index in [4.69, 9.17) is 20.1 Å². The maximum Gasteiger partial charge on any atom is 0.308 e. The van der Waals surface area contributed by atoms with Crippen LogP contribution in [-0.2, 0) is 9.53 Å². The van der Waals surface area contributed by atoms with Gasteiger partial charge in [-0.25, -0.2) is 0 Å². The van der Waals surface area contributed by atoms with Gasteiger partial charge < -0.3 is 20.1 Å². The number of carbonyl (C=O) groups excluding carboxylic acids is 1. The zero-order valence-electron chi connectivity index (χ0n) is 10.7. The summed E-state index contributed by atoms with van der Waals surface area (Å²) in [6, 6.07) is 0. The number of esters is 1. The fraction of sp³-hybridized carbons (Fsp3) is 0.917. The van der Waals surface area contributed by atoms with Crippen molar-refractivity contribution in [2.45, 2.75) is 33.1 Å². The van der Waals surface area contributed by atoms with Gasteiger partial charge in [-0.15, -0.1) is 0 Å². The third kappa shape index (κ3) is 5.02. The van der Waals surface area contributed by atoms with Crippen molar-refractivity contribution in [3.63, 3.8) is 0 Å². The van der Waals surface area contributed by atoms with Crippen LogP contribution in [0, 0.1) is 11.3 Å². The van der Waals surface area contributed by atoms with Crippen LogP contribution in [-0.4, -0.2) is 47.7 Å². The van der Waals surface area contributed by atoms with Crippen LogP contribution in [0.15, 0.2) is 0 Å². The molecule has 5 nitrogen and oxygen atoms in total. The Hall–Kier alpha value is -0.650. The predicted octanol–water partition coefficient (Wildman–Crippen LogP) is 0.319.